The first-order valence-electron chi connectivity index (χ1n) is 13.4. The number of halogens is 1. The van der Waals surface area contributed by atoms with E-state index in [2.05, 4.69) is 70.8 Å². The number of hydrogen-bond acceptors (Lipinski definition) is 6. The molecule has 2 aromatic carbocycles. The summed E-state index contributed by atoms with van der Waals surface area (Å²) in [5, 5.41) is 4.32. The highest BCUT2D eigenvalue weighted by Gasteiger charge is 2.18. The van der Waals surface area contributed by atoms with E-state index < -0.39 is 0 Å². The van der Waals surface area contributed by atoms with Crippen LogP contribution in [0.5, 0.6) is 0 Å². The van der Waals surface area contributed by atoms with Crippen LogP contribution in [0.25, 0.3) is 32.6 Å². The highest BCUT2D eigenvalue weighted by molar-refractivity contribution is 7.15. The molecule has 0 fully saturated rings. The molecule has 0 unspecified atom stereocenters. The predicted octanol–water partition coefficient (Wildman–Crippen LogP) is 7.06. The number of hydrogen-bond donors (Lipinski definition) is 1. The van der Waals surface area contributed by atoms with E-state index >= 15 is 0 Å². The van der Waals surface area contributed by atoms with Crippen molar-refractivity contribution in [2.24, 2.45) is 7.05 Å². The lowest BCUT2D eigenvalue weighted by molar-refractivity contribution is 0.401. The van der Waals surface area contributed by atoms with Crippen LogP contribution in [-0.4, -0.2) is 26.0 Å². The van der Waals surface area contributed by atoms with E-state index in [-0.39, 0.29) is 17.4 Å². The number of nitrogens with zero attached hydrogens (tertiary/aromatic N) is 4. The maximum atomic E-state index is 13.6. The normalized spacial score (nSPS) is 13.8. The van der Waals surface area contributed by atoms with Crippen LogP contribution in [0.4, 0.5) is 10.2 Å². The van der Waals surface area contributed by atoms with Crippen LogP contribution in [0.15, 0.2) is 83.8 Å². The lowest BCUT2D eigenvalue weighted by atomic mass is 10.1. The fourth-order valence-corrected chi connectivity index (χ4v) is 6.25. The summed E-state index contributed by atoms with van der Waals surface area (Å²) in [5.74, 6) is 0.885. The molecule has 1 N–H and O–H groups in total. The number of aromatic nitrogens is 3. The molecule has 0 saturated heterocycles. The van der Waals surface area contributed by atoms with Gasteiger partial charge in [-0.1, -0.05) is 42.5 Å². The van der Waals surface area contributed by atoms with Gasteiger partial charge in [0, 0.05) is 35.5 Å². The number of fused-ring (bicyclic) bond motifs is 1. The maximum absolute atomic E-state index is 13.6. The summed E-state index contributed by atoms with van der Waals surface area (Å²) in [5.41, 5.74) is 4.05. The van der Waals surface area contributed by atoms with E-state index in [4.69, 9.17) is 4.98 Å². The molecule has 3 aromatic heterocycles. The molecule has 6 nitrogen and oxygen atoms in total. The Morgan fingerprint density at radius 1 is 1.05 bits per heavy atom. The first kappa shape index (κ1) is 26.0. The van der Waals surface area contributed by atoms with Crippen LogP contribution in [0.2, 0.25) is 0 Å². The van der Waals surface area contributed by atoms with Gasteiger partial charge in [-0.25, -0.2) is 14.4 Å². The Hall–Kier alpha value is -4.30. The number of rotatable bonds is 7. The summed E-state index contributed by atoms with van der Waals surface area (Å²) in [7, 11) is 1.71. The number of thiophene rings is 1. The van der Waals surface area contributed by atoms with E-state index in [1.807, 2.05) is 13.0 Å². The molecule has 40 heavy (non-hydrogen) atoms. The Bertz CT molecular complexity index is 1790. The molecule has 0 aliphatic carbocycles. The fraction of sp³-hybridized carbons (Fsp3) is 0.219. The van der Waals surface area contributed by atoms with E-state index in [1.165, 1.54) is 37.6 Å². The zero-order chi connectivity index (χ0) is 27.8. The van der Waals surface area contributed by atoms with E-state index in [0.29, 0.717) is 28.4 Å². The Labute approximate surface area is 236 Å². The maximum Gasteiger partial charge on any atom is 0.259 e. The summed E-state index contributed by atoms with van der Waals surface area (Å²) in [6.45, 7) is 5.90. The van der Waals surface area contributed by atoms with Crippen molar-refractivity contribution in [3.05, 3.63) is 111 Å². The summed E-state index contributed by atoms with van der Waals surface area (Å²) in [6, 6.07) is 20.7. The fourth-order valence-electron chi connectivity index (χ4n) is 5.18. The van der Waals surface area contributed by atoms with Crippen molar-refractivity contribution in [1.29, 1.82) is 0 Å². The van der Waals surface area contributed by atoms with Gasteiger partial charge in [0.25, 0.3) is 5.56 Å². The molecule has 1 atom stereocenters. The molecule has 0 saturated carbocycles. The molecular formula is C32H30FN5OS. The third-order valence-corrected chi connectivity index (χ3v) is 8.60. The largest absolute Gasteiger partial charge is 0.373 e. The van der Waals surface area contributed by atoms with Crippen molar-refractivity contribution >= 4 is 28.2 Å². The van der Waals surface area contributed by atoms with Crippen molar-refractivity contribution in [3.63, 3.8) is 0 Å². The lowest BCUT2D eigenvalue weighted by Gasteiger charge is -2.18. The lowest BCUT2D eigenvalue weighted by Crippen LogP contribution is -2.21. The van der Waals surface area contributed by atoms with Gasteiger partial charge in [-0.15, -0.1) is 11.3 Å². The molecule has 0 amide bonds. The zero-order valence-corrected chi connectivity index (χ0v) is 23.5. The average Bonchev–Trinajstić information content (AvgIpc) is 3.65. The van der Waals surface area contributed by atoms with Crippen LogP contribution >= 0.6 is 11.3 Å². The second kappa shape index (κ2) is 10.7. The van der Waals surface area contributed by atoms with E-state index in [0.717, 1.165) is 24.9 Å². The van der Waals surface area contributed by atoms with Gasteiger partial charge >= 0.3 is 0 Å². The smallest absolute Gasteiger partial charge is 0.259 e. The van der Waals surface area contributed by atoms with E-state index in [1.54, 1.807) is 30.5 Å². The number of pyridine rings is 1. The molecule has 202 valence electrons. The minimum Gasteiger partial charge on any atom is -0.373 e. The minimum atomic E-state index is -0.345. The Balaban J connectivity index is 1.33. The van der Waals surface area contributed by atoms with Gasteiger partial charge in [0.1, 0.15) is 23.1 Å². The molecule has 6 rings (SSSR count). The quantitative estimate of drug-likeness (QED) is 0.235. The second-order valence-electron chi connectivity index (χ2n) is 10.2. The SMILES string of the molecule is Cc1nc(N[C@H](C)c2ccc(-c3ccccc3CN3C=CCC3)s2)c2cc(-c3ccc(F)cc3)c(=O)n(C)c2n1. The summed E-state index contributed by atoms with van der Waals surface area (Å²) in [4.78, 5) is 27.2. The molecule has 0 spiro atoms. The average molecular weight is 552 g/mol. The summed E-state index contributed by atoms with van der Waals surface area (Å²) in [6.07, 6.45) is 5.51. The Morgan fingerprint density at radius 3 is 2.62 bits per heavy atom. The van der Waals surface area contributed by atoms with Gasteiger partial charge in [0.15, 0.2) is 0 Å². The van der Waals surface area contributed by atoms with Crippen molar-refractivity contribution in [3.8, 4) is 21.6 Å². The van der Waals surface area contributed by atoms with Gasteiger partial charge in [0.05, 0.1) is 11.4 Å². The number of nitrogens with one attached hydrogen (secondary N) is 1. The van der Waals surface area contributed by atoms with Crippen molar-refractivity contribution < 1.29 is 4.39 Å². The molecule has 5 aromatic rings. The highest BCUT2D eigenvalue weighted by atomic mass is 32.1. The van der Waals surface area contributed by atoms with Crippen LogP contribution < -0.4 is 10.9 Å². The van der Waals surface area contributed by atoms with Gasteiger partial charge in [-0.2, -0.15) is 0 Å². The summed E-state index contributed by atoms with van der Waals surface area (Å²) < 4.78 is 15.1. The molecule has 1 aliphatic heterocycles. The predicted molar refractivity (Wildman–Crippen MR) is 161 cm³/mol. The van der Waals surface area contributed by atoms with Crippen molar-refractivity contribution in [2.75, 3.05) is 11.9 Å². The van der Waals surface area contributed by atoms with Gasteiger partial charge in [-0.3, -0.25) is 9.36 Å². The first-order valence-corrected chi connectivity index (χ1v) is 14.2. The Morgan fingerprint density at radius 2 is 1.85 bits per heavy atom. The van der Waals surface area contributed by atoms with E-state index in [9.17, 15) is 9.18 Å². The highest BCUT2D eigenvalue weighted by Crippen LogP contribution is 2.36. The molecule has 0 radical (unpaired) electrons. The van der Waals surface area contributed by atoms with Gasteiger partial charge in [-0.05, 0) is 73.5 Å². The van der Waals surface area contributed by atoms with Gasteiger partial charge in [0.2, 0.25) is 0 Å². The summed E-state index contributed by atoms with van der Waals surface area (Å²) >= 11 is 1.77. The van der Waals surface area contributed by atoms with Crippen molar-refractivity contribution in [1.82, 2.24) is 19.4 Å². The van der Waals surface area contributed by atoms with Gasteiger partial charge < -0.3 is 10.2 Å². The molecular weight excluding hydrogens is 521 g/mol. The zero-order valence-electron chi connectivity index (χ0n) is 22.7. The molecule has 0 bridgehead atoms. The molecule has 4 heterocycles. The first-order chi connectivity index (χ1) is 19.4. The Kier molecular flexibility index (Phi) is 6.94. The van der Waals surface area contributed by atoms with Crippen LogP contribution in [-0.2, 0) is 13.6 Å². The molecule has 1 aliphatic rings. The number of aryl methyl sites for hydroxylation is 2. The van der Waals surface area contributed by atoms with Crippen LogP contribution in [0.3, 0.4) is 0 Å². The second-order valence-corrected chi connectivity index (χ2v) is 11.3. The number of benzene rings is 2. The third kappa shape index (κ3) is 5.02. The minimum absolute atomic E-state index is 0.0311. The monoisotopic (exact) mass is 551 g/mol. The third-order valence-electron chi connectivity index (χ3n) is 7.30. The number of anilines is 1. The van der Waals surface area contributed by atoms with Crippen LogP contribution in [0, 0.1) is 12.7 Å². The molecule has 8 heteroatoms. The standard InChI is InChI=1S/C32H30FN5OS/c1-20(28-14-15-29(40-28)25-9-5-4-8-23(25)19-38-16-6-7-17-38)34-30-27-18-26(22-10-12-24(33)13-11-22)32(39)37(3)31(27)36-21(2)35-30/h4-6,8-16,18,20H,7,17,19H2,1-3H3,(H,34,35,36)/t20-/m1/s1. The van der Waals surface area contributed by atoms with Crippen molar-refractivity contribution in [2.45, 2.75) is 32.9 Å². The van der Waals surface area contributed by atoms with Crippen LogP contribution in [0.1, 0.15) is 35.7 Å². The topological polar surface area (TPSA) is 63.1 Å².